The van der Waals surface area contributed by atoms with Crippen LogP contribution in [0.4, 0.5) is 5.69 Å². The van der Waals surface area contributed by atoms with Gasteiger partial charge in [0.25, 0.3) is 5.91 Å². The SMILES string of the molecule is CCc1ccc([C@@H](NC(=O)c2ccc(OC)c([N+](=O)[O-])c2)c2cccs2)cc1. The number of carbonyl (C=O) groups excluding carboxylic acids is 1. The summed E-state index contributed by atoms with van der Waals surface area (Å²) >= 11 is 1.54. The second-order valence-electron chi connectivity index (χ2n) is 6.16. The number of benzene rings is 2. The number of hydrogen-bond donors (Lipinski definition) is 1. The molecule has 3 rings (SSSR count). The van der Waals surface area contributed by atoms with Crippen LogP contribution in [0, 0.1) is 10.1 Å². The van der Waals surface area contributed by atoms with E-state index in [4.69, 9.17) is 4.74 Å². The number of nitro groups is 1. The molecular formula is C21H20N2O4S. The molecule has 0 saturated carbocycles. The molecule has 0 aliphatic rings. The fraction of sp³-hybridized carbons (Fsp3) is 0.190. The van der Waals surface area contributed by atoms with E-state index in [9.17, 15) is 14.9 Å². The number of nitro benzene ring substituents is 1. The number of aryl methyl sites for hydroxylation is 1. The van der Waals surface area contributed by atoms with Crippen LogP contribution in [-0.4, -0.2) is 17.9 Å². The second-order valence-corrected chi connectivity index (χ2v) is 7.14. The number of nitrogens with one attached hydrogen (secondary N) is 1. The smallest absolute Gasteiger partial charge is 0.311 e. The van der Waals surface area contributed by atoms with Crippen molar-refractivity contribution >= 4 is 22.9 Å². The lowest BCUT2D eigenvalue weighted by atomic mass is 10.0. The summed E-state index contributed by atoms with van der Waals surface area (Å²) < 4.78 is 5.00. The van der Waals surface area contributed by atoms with Crippen LogP contribution in [0.25, 0.3) is 0 Å². The molecule has 1 amide bonds. The van der Waals surface area contributed by atoms with E-state index in [-0.39, 0.29) is 28.9 Å². The molecule has 144 valence electrons. The molecule has 2 aromatic carbocycles. The molecule has 1 N–H and O–H groups in total. The molecule has 1 atom stereocenters. The largest absolute Gasteiger partial charge is 0.490 e. The molecule has 0 aliphatic carbocycles. The van der Waals surface area contributed by atoms with Gasteiger partial charge in [-0.05, 0) is 41.1 Å². The van der Waals surface area contributed by atoms with Gasteiger partial charge in [0.1, 0.15) is 0 Å². The average Bonchev–Trinajstić information content (AvgIpc) is 3.26. The molecule has 6 nitrogen and oxygen atoms in total. The number of thiophene rings is 1. The lowest BCUT2D eigenvalue weighted by Gasteiger charge is -2.19. The predicted octanol–water partition coefficient (Wildman–Crippen LogP) is 4.75. The minimum atomic E-state index is -0.560. The van der Waals surface area contributed by atoms with E-state index in [1.54, 1.807) is 11.3 Å². The minimum Gasteiger partial charge on any atom is -0.490 e. The predicted molar refractivity (Wildman–Crippen MR) is 109 cm³/mol. The van der Waals surface area contributed by atoms with Gasteiger partial charge in [-0.25, -0.2) is 0 Å². The number of ether oxygens (including phenoxy) is 1. The van der Waals surface area contributed by atoms with Crippen LogP contribution in [0.1, 0.15) is 39.3 Å². The van der Waals surface area contributed by atoms with Gasteiger partial charge in [-0.2, -0.15) is 0 Å². The summed E-state index contributed by atoms with van der Waals surface area (Å²) in [6.45, 7) is 2.09. The van der Waals surface area contributed by atoms with E-state index in [1.807, 2.05) is 41.8 Å². The Kier molecular flexibility index (Phi) is 6.06. The van der Waals surface area contributed by atoms with Crippen LogP contribution in [-0.2, 0) is 6.42 Å². The molecule has 0 unspecified atom stereocenters. The third-order valence-electron chi connectivity index (χ3n) is 4.46. The highest BCUT2D eigenvalue weighted by Gasteiger charge is 2.22. The number of rotatable bonds is 7. The Bertz CT molecular complexity index is 969. The number of amides is 1. The summed E-state index contributed by atoms with van der Waals surface area (Å²) in [4.78, 5) is 24.5. The molecule has 0 spiro atoms. The maximum atomic E-state index is 12.9. The number of methoxy groups -OCH3 is 1. The van der Waals surface area contributed by atoms with Crippen LogP contribution in [0.3, 0.4) is 0 Å². The van der Waals surface area contributed by atoms with E-state index in [0.717, 1.165) is 16.9 Å². The van der Waals surface area contributed by atoms with Gasteiger partial charge in [-0.3, -0.25) is 14.9 Å². The van der Waals surface area contributed by atoms with Gasteiger partial charge in [0, 0.05) is 16.5 Å². The molecule has 0 radical (unpaired) electrons. The van der Waals surface area contributed by atoms with Gasteiger partial charge < -0.3 is 10.1 Å². The van der Waals surface area contributed by atoms with Gasteiger partial charge in [-0.15, -0.1) is 11.3 Å². The van der Waals surface area contributed by atoms with Crippen molar-refractivity contribution in [3.63, 3.8) is 0 Å². The first-order chi connectivity index (χ1) is 13.5. The molecule has 28 heavy (non-hydrogen) atoms. The van der Waals surface area contributed by atoms with Crippen molar-refractivity contribution in [1.29, 1.82) is 0 Å². The van der Waals surface area contributed by atoms with E-state index < -0.39 is 4.92 Å². The zero-order valence-corrected chi connectivity index (χ0v) is 16.4. The van der Waals surface area contributed by atoms with Crippen LogP contribution in [0.5, 0.6) is 5.75 Å². The Labute approximate surface area is 166 Å². The lowest BCUT2D eigenvalue weighted by Crippen LogP contribution is -2.28. The summed E-state index contributed by atoms with van der Waals surface area (Å²) in [6, 6.07) is 15.8. The minimum absolute atomic E-state index is 0.117. The number of carbonyl (C=O) groups is 1. The van der Waals surface area contributed by atoms with E-state index in [2.05, 4.69) is 12.2 Å². The highest BCUT2D eigenvalue weighted by molar-refractivity contribution is 7.10. The second kappa shape index (κ2) is 8.67. The van der Waals surface area contributed by atoms with E-state index in [0.29, 0.717) is 0 Å². The summed E-state index contributed by atoms with van der Waals surface area (Å²) in [5, 5.41) is 16.2. The standard InChI is InChI=1S/C21H20N2O4S/c1-3-14-6-8-15(9-7-14)20(19-5-4-12-28-19)22-21(24)16-10-11-18(27-2)17(13-16)23(25)26/h4-13,20H,3H2,1-2H3,(H,22,24)/t20-/m1/s1. The molecule has 3 aromatic rings. The molecule has 1 heterocycles. The van der Waals surface area contributed by atoms with E-state index >= 15 is 0 Å². The van der Waals surface area contributed by atoms with E-state index in [1.165, 1.54) is 30.9 Å². The van der Waals surface area contributed by atoms with Gasteiger partial charge in [-0.1, -0.05) is 37.3 Å². The first-order valence-corrected chi connectivity index (χ1v) is 9.67. The van der Waals surface area contributed by atoms with Crippen LogP contribution < -0.4 is 10.1 Å². The van der Waals surface area contributed by atoms with Crippen LogP contribution >= 0.6 is 11.3 Å². The van der Waals surface area contributed by atoms with Crippen LogP contribution in [0.15, 0.2) is 60.0 Å². The van der Waals surface area contributed by atoms with Crippen molar-refractivity contribution < 1.29 is 14.5 Å². The Hall–Kier alpha value is -3.19. The molecule has 1 aromatic heterocycles. The highest BCUT2D eigenvalue weighted by Crippen LogP contribution is 2.29. The fourth-order valence-corrected chi connectivity index (χ4v) is 3.71. The summed E-state index contributed by atoms with van der Waals surface area (Å²) in [7, 11) is 1.36. The Morgan fingerprint density at radius 3 is 2.54 bits per heavy atom. The molecule has 0 aliphatic heterocycles. The van der Waals surface area contributed by atoms with Crippen LogP contribution in [0.2, 0.25) is 0 Å². The maximum absolute atomic E-state index is 12.9. The third kappa shape index (κ3) is 4.20. The summed E-state index contributed by atoms with van der Waals surface area (Å²) in [5.41, 5.74) is 2.14. The van der Waals surface area contributed by atoms with Crippen molar-refractivity contribution in [2.24, 2.45) is 0 Å². The summed E-state index contributed by atoms with van der Waals surface area (Å²) in [5.74, 6) is -0.268. The van der Waals surface area contributed by atoms with Crippen molar-refractivity contribution in [3.8, 4) is 5.75 Å². The zero-order valence-electron chi connectivity index (χ0n) is 15.5. The number of nitrogens with zero attached hydrogens (tertiary/aromatic N) is 1. The van der Waals surface area contributed by atoms with Gasteiger partial charge >= 0.3 is 5.69 Å². The lowest BCUT2D eigenvalue weighted by molar-refractivity contribution is -0.385. The van der Waals surface area contributed by atoms with Crippen molar-refractivity contribution in [3.05, 3.63) is 91.7 Å². The monoisotopic (exact) mass is 396 g/mol. The molecular weight excluding hydrogens is 376 g/mol. The zero-order chi connectivity index (χ0) is 20.1. The van der Waals surface area contributed by atoms with Crippen molar-refractivity contribution in [1.82, 2.24) is 5.32 Å². The Morgan fingerprint density at radius 2 is 1.96 bits per heavy atom. The van der Waals surface area contributed by atoms with Gasteiger partial charge in [0.05, 0.1) is 18.1 Å². The van der Waals surface area contributed by atoms with Gasteiger partial charge in [0.2, 0.25) is 0 Å². The first-order valence-electron chi connectivity index (χ1n) is 8.79. The van der Waals surface area contributed by atoms with Crippen molar-refractivity contribution in [2.45, 2.75) is 19.4 Å². The topological polar surface area (TPSA) is 81.5 Å². The number of hydrogen-bond acceptors (Lipinski definition) is 5. The quantitative estimate of drug-likeness (QED) is 0.462. The summed E-state index contributed by atoms with van der Waals surface area (Å²) in [6.07, 6.45) is 0.936. The van der Waals surface area contributed by atoms with Crippen molar-refractivity contribution in [2.75, 3.05) is 7.11 Å². The molecule has 7 heteroatoms. The molecule has 0 fully saturated rings. The molecule has 0 bridgehead atoms. The Morgan fingerprint density at radius 1 is 1.21 bits per heavy atom. The average molecular weight is 396 g/mol. The molecule has 0 saturated heterocycles. The fourth-order valence-electron chi connectivity index (χ4n) is 2.91. The Balaban J connectivity index is 1.91. The third-order valence-corrected chi connectivity index (χ3v) is 5.40. The normalized spacial score (nSPS) is 11.6. The van der Waals surface area contributed by atoms with Gasteiger partial charge in [0.15, 0.2) is 5.75 Å². The first kappa shape index (κ1) is 19.6. The maximum Gasteiger partial charge on any atom is 0.311 e. The highest BCUT2D eigenvalue weighted by atomic mass is 32.1.